The van der Waals surface area contributed by atoms with Crippen molar-refractivity contribution in [2.24, 2.45) is 11.3 Å². The molecule has 18 heavy (non-hydrogen) atoms. The standard InChI is InChI=1S/C14H26N2O2/c1-14(7-4-8-15-10-14)13(18)16-12-6-3-2-5-11(12)9-17/h11-12,15,17H,2-10H2,1H3,(H,16,18). The minimum Gasteiger partial charge on any atom is -0.396 e. The summed E-state index contributed by atoms with van der Waals surface area (Å²) >= 11 is 0. The van der Waals surface area contributed by atoms with E-state index in [1.807, 2.05) is 6.92 Å². The second kappa shape index (κ2) is 6.02. The van der Waals surface area contributed by atoms with Crippen LogP contribution >= 0.6 is 0 Å². The normalized spacial score (nSPS) is 37.2. The number of hydrogen-bond donors (Lipinski definition) is 3. The van der Waals surface area contributed by atoms with E-state index in [0.29, 0.717) is 0 Å². The van der Waals surface area contributed by atoms with E-state index in [1.54, 1.807) is 0 Å². The van der Waals surface area contributed by atoms with E-state index in [9.17, 15) is 9.90 Å². The quantitative estimate of drug-likeness (QED) is 0.705. The van der Waals surface area contributed by atoms with Gasteiger partial charge in [-0.05, 0) is 39.2 Å². The van der Waals surface area contributed by atoms with Gasteiger partial charge in [-0.2, -0.15) is 0 Å². The summed E-state index contributed by atoms with van der Waals surface area (Å²) in [6.07, 6.45) is 6.42. The molecule has 0 bridgehead atoms. The number of aliphatic hydroxyl groups is 1. The Balaban J connectivity index is 1.92. The summed E-state index contributed by atoms with van der Waals surface area (Å²) < 4.78 is 0. The molecule has 3 atom stereocenters. The molecule has 2 fully saturated rings. The molecule has 4 nitrogen and oxygen atoms in total. The zero-order valence-electron chi connectivity index (χ0n) is 11.4. The lowest BCUT2D eigenvalue weighted by Gasteiger charge is -2.37. The van der Waals surface area contributed by atoms with Gasteiger partial charge in [-0.1, -0.05) is 12.8 Å². The van der Waals surface area contributed by atoms with E-state index in [0.717, 1.165) is 45.2 Å². The minimum absolute atomic E-state index is 0.167. The predicted molar refractivity (Wildman–Crippen MR) is 71.2 cm³/mol. The zero-order valence-corrected chi connectivity index (χ0v) is 11.4. The molecule has 1 amide bonds. The number of nitrogens with one attached hydrogen (secondary N) is 2. The Morgan fingerprint density at radius 1 is 1.39 bits per heavy atom. The van der Waals surface area contributed by atoms with Crippen LogP contribution in [-0.4, -0.2) is 36.8 Å². The van der Waals surface area contributed by atoms with Gasteiger partial charge in [0.05, 0.1) is 5.41 Å². The van der Waals surface area contributed by atoms with Crippen molar-refractivity contribution in [3.05, 3.63) is 0 Å². The molecule has 4 heteroatoms. The van der Waals surface area contributed by atoms with Gasteiger partial charge < -0.3 is 15.7 Å². The Hall–Kier alpha value is -0.610. The predicted octanol–water partition coefficient (Wildman–Crippen LogP) is 1.04. The third kappa shape index (κ3) is 3.04. The summed E-state index contributed by atoms with van der Waals surface area (Å²) in [6, 6.07) is 0.176. The van der Waals surface area contributed by atoms with Crippen LogP contribution in [0.2, 0.25) is 0 Å². The maximum atomic E-state index is 12.4. The van der Waals surface area contributed by atoms with Crippen molar-refractivity contribution < 1.29 is 9.90 Å². The lowest BCUT2D eigenvalue weighted by Crippen LogP contribution is -2.53. The lowest BCUT2D eigenvalue weighted by molar-refractivity contribution is -0.132. The van der Waals surface area contributed by atoms with Crippen LogP contribution in [0.25, 0.3) is 0 Å². The van der Waals surface area contributed by atoms with Crippen LogP contribution in [0.15, 0.2) is 0 Å². The highest BCUT2D eigenvalue weighted by Gasteiger charge is 2.37. The van der Waals surface area contributed by atoms with Crippen molar-refractivity contribution in [2.75, 3.05) is 19.7 Å². The Kier molecular flexibility index (Phi) is 4.62. The summed E-state index contributed by atoms with van der Waals surface area (Å²) in [5, 5.41) is 15.9. The number of hydrogen-bond acceptors (Lipinski definition) is 3. The third-order valence-corrected chi connectivity index (χ3v) is 4.61. The van der Waals surface area contributed by atoms with E-state index in [-0.39, 0.29) is 29.9 Å². The van der Waals surface area contributed by atoms with Crippen LogP contribution in [-0.2, 0) is 4.79 Å². The van der Waals surface area contributed by atoms with Crippen LogP contribution < -0.4 is 10.6 Å². The fourth-order valence-electron chi connectivity index (χ4n) is 3.21. The zero-order chi connectivity index (χ0) is 13.0. The highest BCUT2D eigenvalue weighted by Crippen LogP contribution is 2.28. The van der Waals surface area contributed by atoms with Crippen LogP contribution in [0.4, 0.5) is 0 Å². The van der Waals surface area contributed by atoms with Crippen LogP contribution in [0.5, 0.6) is 0 Å². The first-order valence-corrected chi connectivity index (χ1v) is 7.28. The Labute approximate surface area is 110 Å². The largest absolute Gasteiger partial charge is 0.396 e. The topological polar surface area (TPSA) is 61.4 Å². The van der Waals surface area contributed by atoms with Crippen molar-refractivity contribution in [2.45, 2.75) is 51.5 Å². The van der Waals surface area contributed by atoms with Gasteiger partial charge in [0, 0.05) is 25.1 Å². The first kappa shape index (κ1) is 13.8. The third-order valence-electron chi connectivity index (χ3n) is 4.61. The SMILES string of the molecule is CC1(C(=O)NC2CCCCC2CO)CCCNC1. The van der Waals surface area contributed by atoms with Gasteiger partial charge in [0.25, 0.3) is 0 Å². The molecule has 104 valence electrons. The van der Waals surface area contributed by atoms with Crippen LogP contribution in [0.1, 0.15) is 45.4 Å². The number of amides is 1. The molecular weight excluding hydrogens is 228 g/mol. The summed E-state index contributed by atoms with van der Waals surface area (Å²) in [7, 11) is 0. The van der Waals surface area contributed by atoms with E-state index < -0.39 is 0 Å². The number of aliphatic hydroxyl groups excluding tert-OH is 1. The van der Waals surface area contributed by atoms with Gasteiger partial charge in [-0.25, -0.2) is 0 Å². The molecule has 0 radical (unpaired) electrons. The van der Waals surface area contributed by atoms with E-state index >= 15 is 0 Å². The molecule has 0 aromatic heterocycles. The fourth-order valence-corrected chi connectivity index (χ4v) is 3.21. The van der Waals surface area contributed by atoms with Crippen molar-refractivity contribution in [3.63, 3.8) is 0 Å². The molecule has 0 spiro atoms. The number of rotatable bonds is 3. The summed E-state index contributed by atoms with van der Waals surface area (Å²) in [4.78, 5) is 12.4. The molecule has 2 aliphatic rings. The first-order valence-electron chi connectivity index (χ1n) is 7.28. The molecule has 1 aliphatic heterocycles. The van der Waals surface area contributed by atoms with Gasteiger partial charge in [0.1, 0.15) is 0 Å². The smallest absolute Gasteiger partial charge is 0.227 e. The molecule has 0 aromatic rings. The van der Waals surface area contributed by atoms with Crippen molar-refractivity contribution in [1.82, 2.24) is 10.6 Å². The first-order chi connectivity index (χ1) is 8.65. The molecule has 0 aromatic carbocycles. The molecule has 3 unspecified atom stereocenters. The molecule has 1 aliphatic carbocycles. The fraction of sp³-hybridized carbons (Fsp3) is 0.929. The van der Waals surface area contributed by atoms with Gasteiger partial charge >= 0.3 is 0 Å². The Morgan fingerprint density at radius 2 is 2.17 bits per heavy atom. The second-order valence-corrected chi connectivity index (χ2v) is 6.15. The Bertz CT molecular complexity index is 288. The number of piperidine rings is 1. The highest BCUT2D eigenvalue weighted by molar-refractivity contribution is 5.82. The summed E-state index contributed by atoms with van der Waals surface area (Å²) in [5.41, 5.74) is -0.268. The summed E-state index contributed by atoms with van der Waals surface area (Å²) in [5.74, 6) is 0.419. The molecule has 1 saturated carbocycles. The van der Waals surface area contributed by atoms with E-state index in [4.69, 9.17) is 0 Å². The molecular formula is C14H26N2O2. The Morgan fingerprint density at radius 3 is 2.83 bits per heavy atom. The van der Waals surface area contributed by atoms with E-state index in [1.165, 1.54) is 6.42 Å². The van der Waals surface area contributed by atoms with Crippen molar-refractivity contribution in [3.8, 4) is 0 Å². The highest BCUT2D eigenvalue weighted by atomic mass is 16.3. The van der Waals surface area contributed by atoms with Gasteiger partial charge in [0.2, 0.25) is 5.91 Å². The lowest BCUT2D eigenvalue weighted by atomic mass is 9.80. The van der Waals surface area contributed by atoms with Crippen LogP contribution in [0.3, 0.4) is 0 Å². The molecule has 3 N–H and O–H groups in total. The van der Waals surface area contributed by atoms with Gasteiger partial charge in [0.15, 0.2) is 0 Å². The molecule has 2 rings (SSSR count). The average molecular weight is 254 g/mol. The van der Waals surface area contributed by atoms with Crippen molar-refractivity contribution >= 4 is 5.91 Å². The minimum atomic E-state index is -0.268. The monoisotopic (exact) mass is 254 g/mol. The maximum Gasteiger partial charge on any atom is 0.227 e. The number of carbonyl (C=O) groups is 1. The summed E-state index contributed by atoms with van der Waals surface area (Å²) in [6.45, 7) is 4.03. The van der Waals surface area contributed by atoms with Gasteiger partial charge in [-0.3, -0.25) is 4.79 Å². The van der Waals surface area contributed by atoms with Crippen LogP contribution in [0, 0.1) is 11.3 Å². The molecule has 1 saturated heterocycles. The maximum absolute atomic E-state index is 12.4. The van der Waals surface area contributed by atoms with Gasteiger partial charge in [-0.15, -0.1) is 0 Å². The van der Waals surface area contributed by atoms with E-state index in [2.05, 4.69) is 10.6 Å². The second-order valence-electron chi connectivity index (χ2n) is 6.15. The number of carbonyl (C=O) groups excluding carboxylic acids is 1. The van der Waals surface area contributed by atoms with Crippen molar-refractivity contribution in [1.29, 1.82) is 0 Å². The molecule has 1 heterocycles. The average Bonchev–Trinajstić information content (AvgIpc) is 2.40.